The van der Waals surface area contributed by atoms with Gasteiger partial charge in [0, 0.05) is 5.54 Å². The molecule has 1 spiro atoms. The number of likely N-dealkylation sites (tertiary alicyclic amines) is 1. The molecule has 1 nitrogen and oxygen atoms in total. The van der Waals surface area contributed by atoms with Gasteiger partial charge in [-0.25, -0.2) is 0 Å². The lowest BCUT2D eigenvalue weighted by Crippen LogP contribution is -2.53. The van der Waals surface area contributed by atoms with Crippen LogP contribution in [0.2, 0.25) is 0 Å². The summed E-state index contributed by atoms with van der Waals surface area (Å²) in [5, 5.41) is 0. The first-order chi connectivity index (χ1) is 8.40. The summed E-state index contributed by atoms with van der Waals surface area (Å²) in [6, 6.07) is 0. The highest BCUT2D eigenvalue weighted by Gasteiger charge is 2.47. The zero-order valence-corrected chi connectivity index (χ0v) is 13.3. The van der Waals surface area contributed by atoms with Crippen LogP contribution in [0.25, 0.3) is 0 Å². The van der Waals surface area contributed by atoms with Gasteiger partial charge in [0.2, 0.25) is 0 Å². The van der Waals surface area contributed by atoms with E-state index in [1.165, 1.54) is 51.6 Å². The summed E-state index contributed by atoms with van der Waals surface area (Å²) in [5.74, 6) is 1.96. The highest BCUT2D eigenvalue weighted by molar-refractivity contribution is 4.98. The predicted octanol–water partition coefficient (Wildman–Crippen LogP) is 4.71. The summed E-state index contributed by atoms with van der Waals surface area (Å²) in [7, 11) is 0. The van der Waals surface area contributed by atoms with E-state index in [0.717, 1.165) is 11.8 Å². The molecule has 2 rings (SSSR count). The second kappa shape index (κ2) is 5.15. The van der Waals surface area contributed by atoms with E-state index in [2.05, 4.69) is 39.5 Å². The van der Waals surface area contributed by atoms with E-state index in [9.17, 15) is 0 Å². The van der Waals surface area contributed by atoms with E-state index in [-0.39, 0.29) is 0 Å². The fourth-order valence-electron chi connectivity index (χ4n) is 4.75. The molecule has 2 unspecified atom stereocenters. The van der Waals surface area contributed by atoms with Crippen molar-refractivity contribution < 1.29 is 0 Å². The van der Waals surface area contributed by atoms with Crippen molar-refractivity contribution in [1.82, 2.24) is 4.90 Å². The average molecular weight is 251 g/mol. The Hall–Kier alpha value is -0.0400. The smallest absolute Gasteiger partial charge is 0.0125 e. The summed E-state index contributed by atoms with van der Waals surface area (Å²) in [6.45, 7) is 14.7. The van der Waals surface area contributed by atoms with Gasteiger partial charge in [-0.1, -0.05) is 33.1 Å². The molecule has 1 saturated carbocycles. The van der Waals surface area contributed by atoms with Crippen molar-refractivity contribution in [2.45, 2.75) is 78.7 Å². The molecule has 1 heteroatoms. The van der Waals surface area contributed by atoms with Crippen molar-refractivity contribution in [3.63, 3.8) is 0 Å². The monoisotopic (exact) mass is 251 g/mol. The largest absolute Gasteiger partial charge is 0.298 e. The van der Waals surface area contributed by atoms with Crippen LogP contribution in [0.1, 0.15) is 73.1 Å². The summed E-state index contributed by atoms with van der Waals surface area (Å²) in [4.78, 5) is 2.70. The molecule has 2 atom stereocenters. The second-order valence-corrected chi connectivity index (χ2v) is 7.83. The van der Waals surface area contributed by atoms with Crippen molar-refractivity contribution in [2.75, 3.05) is 13.1 Å². The molecule has 0 radical (unpaired) electrons. The quantitative estimate of drug-likeness (QED) is 0.652. The fourth-order valence-corrected chi connectivity index (χ4v) is 4.75. The van der Waals surface area contributed by atoms with Gasteiger partial charge in [-0.2, -0.15) is 0 Å². The Morgan fingerprint density at radius 1 is 1.11 bits per heavy atom. The molecule has 0 N–H and O–H groups in total. The van der Waals surface area contributed by atoms with Crippen LogP contribution < -0.4 is 0 Å². The number of nitrogens with zero attached hydrogens (tertiary/aromatic N) is 1. The van der Waals surface area contributed by atoms with Crippen LogP contribution >= 0.6 is 0 Å². The van der Waals surface area contributed by atoms with Gasteiger partial charge in [0.05, 0.1) is 0 Å². The van der Waals surface area contributed by atoms with Crippen LogP contribution in [0.5, 0.6) is 0 Å². The first kappa shape index (κ1) is 14.4. The lowest BCUT2D eigenvalue weighted by atomic mass is 9.55. The zero-order chi connectivity index (χ0) is 13.4. The van der Waals surface area contributed by atoms with Gasteiger partial charge in [0.1, 0.15) is 0 Å². The molecular formula is C17H33N. The predicted molar refractivity (Wildman–Crippen MR) is 79.8 cm³/mol. The first-order valence-corrected chi connectivity index (χ1v) is 8.15. The van der Waals surface area contributed by atoms with Crippen molar-refractivity contribution >= 4 is 0 Å². The molecular weight excluding hydrogens is 218 g/mol. The maximum absolute atomic E-state index is 2.70. The fraction of sp³-hybridized carbons (Fsp3) is 1.00. The van der Waals surface area contributed by atoms with E-state index in [1.54, 1.807) is 0 Å². The molecule has 2 fully saturated rings. The van der Waals surface area contributed by atoms with E-state index < -0.39 is 0 Å². The summed E-state index contributed by atoms with van der Waals surface area (Å²) in [6.07, 6.45) is 8.75. The molecule has 1 saturated heterocycles. The Morgan fingerprint density at radius 3 is 2.22 bits per heavy atom. The van der Waals surface area contributed by atoms with Crippen molar-refractivity contribution in [2.24, 2.45) is 17.3 Å². The normalized spacial score (nSPS) is 33.8. The Labute approximate surface area is 114 Å². The topological polar surface area (TPSA) is 3.24 Å². The van der Waals surface area contributed by atoms with Gasteiger partial charge in [-0.05, 0) is 70.4 Å². The minimum atomic E-state index is 0.362. The summed E-state index contributed by atoms with van der Waals surface area (Å²) in [5.41, 5.74) is 1.05. The van der Waals surface area contributed by atoms with E-state index in [4.69, 9.17) is 0 Å². The molecule has 18 heavy (non-hydrogen) atoms. The molecule has 0 aromatic carbocycles. The highest BCUT2D eigenvalue weighted by atomic mass is 15.2. The van der Waals surface area contributed by atoms with Gasteiger partial charge in [0.25, 0.3) is 0 Å². The van der Waals surface area contributed by atoms with Crippen LogP contribution in [0.4, 0.5) is 0 Å². The van der Waals surface area contributed by atoms with Gasteiger partial charge in [-0.15, -0.1) is 0 Å². The number of hydrogen-bond acceptors (Lipinski definition) is 1. The number of piperidine rings is 1. The summed E-state index contributed by atoms with van der Waals surface area (Å²) < 4.78 is 0. The van der Waals surface area contributed by atoms with Crippen LogP contribution in [-0.2, 0) is 0 Å². The van der Waals surface area contributed by atoms with Crippen molar-refractivity contribution in [3.8, 4) is 0 Å². The maximum Gasteiger partial charge on any atom is 0.0125 e. The molecule has 0 aromatic rings. The third-order valence-corrected chi connectivity index (χ3v) is 6.12. The molecule has 0 bridgehead atoms. The van der Waals surface area contributed by atoms with E-state index in [0.29, 0.717) is 11.0 Å². The standard InChI is InChI=1S/C17H33N/c1-6-15-9-7-8-14(2)17(15)10-12-18(13-11-17)16(3,4)5/h14-15H,6-13H2,1-5H3. The Balaban J connectivity index is 2.08. The first-order valence-electron chi connectivity index (χ1n) is 8.15. The number of hydrogen-bond donors (Lipinski definition) is 0. The highest BCUT2D eigenvalue weighted by Crippen LogP contribution is 2.53. The van der Waals surface area contributed by atoms with Gasteiger partial charge < -0.3 is 0 Å². The third kappa shape index (κ3) is 2.48. The average Bonchev–Trinajstić information content (AvgIpc) is 2.32. The Morgan fingerprint density at radius 2 is 1.72 bits per heavy atom. The molecule has 2 aliphatic rings. The van der Waals surface area contributed by atoms with Crippen LogP contribution in [0, 0.1) is 17.3 Å². The van der Waals surface area contributed by atoms with E-state index >= 15 is 0 Å². The van der Waals surface area contributed by atoms with Crippen molar-refractivity contribution in [3.05, 3.63) is 0 Å². The third-order valence-electron chi connectivity index (χ3n) is 6.12. The van der Waals surface area contributed by atoms with Crippen LogP contribution in [0.3, 0.4) is 0 Å². The lowest BCUT2D eigenvalue weighted by Gasteiger charge is -2.55. The molecule has 1 aliphatic carbocycles. The number of rotatable bonds is 1. The molecule has 0 aromatic heterocycles. The Bertz CT molecular complexity index is 268. The van der Waals surface area contributed by atoms with Gasteiger partial charge in [0.15, 0.2) is 0 Å². The van der Waals surface area contributed by atoms with Gasteiger partial charge >= 0.3 is 0 Å². The summed E-state index contributed by atoms with van der Waals surface area (Å²) >= 11 is 0. The Kier molecular flexibility index (Phi) is 4.11. The second-order valence-electron chi connectivity index (χ2n) is 7.83. The SMILES string of the molecule is CCC1CCCC(C)C12CCN(C(C)(C)C)CC2. The molecule has 1 aliphatic heterocycles. The van der Waals surface area contributed by atoms with Gasteiger partial charge in [-0.3, -0.25) is 4.90 Å². The maximum atomic E-state index is 2.70. The van der Waals surface area contributed by atoms with Crippen LogP contribution in [-0.4, -0.2) is 23.5 Å². The minimum Gasteiger partial charge on any atom is -0.298 e. The molecule has 106 valence electrons. The van der Waals surface area contributed by atoms with E-state index in [1.807, 2.05) is 0 Å². The lowest BCUT2D eigenvalue weighted by molar-refractivity contribution is -0.0511. The minimum absolute atomic E-state index is 0.362. The molecule has 1 heterocycles. The van der Waals surface area contributed by atoms with Crippen molar-refractivity contribution in [1.29, 1.82) is 0 Å². The zero-order valence-electron chi connectivity index (χ0n) is 13.3. The molecule has 0 amide bonds. The van der Waals surface area contributed by atoms with Crippen LogP contribution in [0.15, 0.2) is 0 Å².